The molecule has 0 amide bonds. The van der Waals surface area contributed by atoms with Gasteiger partial charge in [0.05, 0.1) is 6.61 Å². The van der Waals surface area contributed by atoms with Gasteiger partial charge in [-0.2, -0.15) is 0 Å². The van der Waals surface area contributed by atoms with Gasteiger partial charge in [-0.05, 0) is 32.2 Å². The number of rotatable bonds is 4. The topological polar surface area (TPSA) is 21.3 Å². The first-order valence-electron chi connectivity index (χ1n) is 4.95. The van der Waals surface area contributed by atoms with Gasteiger partial charge >= 0.3 is 0 Å². The maximum absolute atomic E-state index is 5.36. The first-order valence-corrected chi connectivity index (χ1v) is 4.95. The summed E-state index contributed by atoms with van der Waals surface area (Å²) in [6.07, 6.45) is 2.42. The van der Waals surface area contributed by atoms with Gasteiger partial charge in [-0.25, -0.2) is 0 Å². The second-order valence-corrected chi connectivity index (χ2v) is 4.47. The molecule has 0 aromatic carbocycles. The van der Waals surface area contributed by atoms with Crippen LogP contribution in [0, 0.1) is 5.92 Å². The number of nitrogens with one attached hydrogen (secondary N) is 1. The zero-order valence-corrected chi connectivity index (χ0v) is 8.52. The van der Waals surface area contributed by atoms with Crippen molar-refractivity contribution < 1.29 is 4.74 Å². The predicted octanol–water partition coefficient (Wildman–Crippen LogP) is 1.80. The van der Waals surface area contributed by atoms with Gasteiger partial charge < -0.3 is 10.1 Å². The largest absolute Gasteiger partial charge is 0.379 e. The molecule has 0 bridgehead atoms. The number of hydrogen-bond acceptors (Lipinski definition) is 2. The minimum absolute atomic E-state index is 0.259. The van der Waals surface area contributed by atoms with Crippen LogP contribution in [0.25, 0.3) is 0 Å². The highest BCUT2D eigenvalue weighted by Gasteiger charge is 2.28. The predicted molar refractivity (Wildman–Crippen MR) is 51.3 cm³/mol. The van der Waals surface area contributed by atoms with E-state index < -0.39 is 0 Å². The fourth-order valence-corrected chi connectivity index (χ4v) is 1.47. The lowest BCUT2D eigenvalue weighted by Crippen LogP contribution is -2.43. The molecule has 0 aromatic heterocycles. The van der Waals surface area contributed by atoms with Crippen LogP contribution < -0.4 is 5.32 Å². The first-order chi connectivity index (χ1) is 5.62. The van der Waals surface area contributed by atoms with Crippen LogP contribution in [-0.4, -0.2) is 25.3 Å². The van der Waals surface area contributed by atoms with Crippen molar-refractivity contribution >= 4 is 0 Å². The molecule has 1 N–H and O–H groups in total. The fraction of sp³-hybridized carbons (Fsp3) is 1.00. The van der Waals surface area contributed by atoms with Crippen molar-refractivity contribution in [2.45, 2.75) is 39.2 Å². The third-order valence-corrected chi connectivity index (χ3v) is 2.49. The van der Waals surface area contributed by atoms with Crippen molar-refractivity contribution in [1.29, 1.82) is 0 Å². The third-order valence-electron chi connectivity index (χ3n) is 2.49. The molecule has 1 atom stereocenters. The normalized spacial score (nSPS) is 30.0. The number of ether oxygens (including phenoxy) is 1. The second kappa shape index (κ2) is 4.24. The molecule has 0 aromatic rings. The SMILES string of the molecule is CC(C)CCNC1(C)CCOC1. The number of hydrogen-bond donors (Lipinski definition) is 1. The van der Waals surface area contributed by atoms with E-state index in [-0.39, 0.29) is 5.54 Å². The van der Waals surface area contributed by atoms with Crippen LogP contribution in [-0.2, 0) is 4.74 Å². The molecule has 0 radical (unpaired) electrons. The molecule has 2 nitrogen and oxygen atoms in total. The molecular weight excluding hydrogens is 150 g/mol. The van der Waals surface area contributed by atoms with E-state index in [4.69, 9.17) is 4.74 Å². The van der Waals surface area contributed by atoms with Crippen LogP contribution >= 0.6 is 0 Å². The van der Waals surface area contributed by atoms with Crippen molar-refractivity contribution in [2.24, 2.45) is 5.92 Å². The summed E-state index contributed by atoms with van der Waals surface area (Å²) in [5.41, 5.74) is 0.259. The summed E-state index contributed by atoms with van der Waals surface area (Å²) in [6, 6.07) is 0. The highest BCUT2D eigenvalue weighted by Crippen LogP contribution is 2.17. The summed E-state index contributed by atoms with van der Waals surface area (Å²) < 4.78 is 5.36. The van der Waals surface area contributed by atoms with Gasteiger partial charge in [-0.1, -0.05) is 13.8 Å². The van der Waals surface area contributed by atoms with Gasteiger partial charge in [0.1, 0.15) is 0 Å². The zero-order chi connectivity index (χ0) is 9.03. The van der Waals surface area contributed by atoms with E-state index in [1.165, 1.54) is 6.42 Å². The summed E-state index contributed by atoms with van der Waals surface area (Å²) in [5.74, 6) is 0.795. The molecule has 12 heavy (non-hydrogen) atoms. The van der Waals surface area contributed by atoms with Crippen molar-refractivity contribution in [2.75, 3.05) is 19.8 Å². The molecule has 0 spiro atoms. The molecular formula is C10H21NO. The molecule has 1 rings (SSSR count). The maximum atomic E-state index is 5.36. The van der Waals surface area contributed by atoms with Gasteiger partial charge in [0, 0.05) is 12.1 Å². The van der Waals surface area contributed by atoms with Crippen LogP contribution in [0.2, 0.25) is 0 Å². The highest BCUT2D eigenvalue weighted by molar-refractivity contribution is 4.86. The Balaban J connectivity index is 2.13. The first kappa shape index (κ1) is 10.0. The van der Waals surface area contributed by atoms with E-state index in [1.54, 1.807) is 0 Å². The summed E-state index contributed by atoms with van der Waals surface area (Å²) in [4.78, 5) is 0. The molecule has 1 saturated heterocycles. The monoisotopic (exact) mass is 171 g/mol. The Morgan fingerprint density at radius 1 is 1.50 bits per heavy atom. The van der Waals surface area contributed by atoms with E-state index in [9.17, 15) is 0 Å². The third kappa shape index (κ3) is 3.11. The van der Waals surface area contributed by atoms with Crippen LogP contribution in [0.1, 0.15) is 33.6 Å². The van der Waals surface area contributed by atoms with Gasteiger partial charge in [0.15, 0.2) is 0 Å². The molecule has 1 aliphatic rings. The van der Waals surface area contributed by atoms with Crippen molar-refractivity contribution in [1.82, 2.24) is 5.32 Å². The Morgan fingerprint density at radius 3 is 2.75 bits per heavy atom. The molecule has 1 heterocycles. The average Bonchev–Trinajstić information content (AvgIpc) is 2.35. The van der Waals surface area contributed by atoms with Gasteiger partial charge in [-0.3, -0.25) is 0 Å². The smallest absolute Gasteiger partial charge is 0.0646 e. The van der Waals surface area contributed by atoms with Gasteiger partial charge in [-0.15, -0.1) is 0 Å². The molecule has 1 unspecified atom stereocenters. The van der Waals surface area contributed by atoms with Crippen molar-refractivity contribution in [3.8, 4) is 0 Å². The minimum atomic E-state index is 0.259. The quantitative estimate of drug-likeness (QED) is 0.696. The summed E-state index contributed by atoms with van der Waals surface area (Å²) >= 11 is 0. The Kier molecular flexibility index (Phi) is 3.53. The molecule has 0 aliphatic carbocycles. The van der Waals surface area contributed by atoms with E-state index in [2.05, 4.69) is 26.1 Å². The average molecular weight is 171 g/mol. The minimum Gasteiger partial charge on any atom is -0.379 e. The van der Waals surface area contributed by atoms with Crippen LogP contribution in [0.5, 0.6) is 0 Å². The maximum Gasteiger partial charge on any atom is 0.0646 e. The lowest BCUT2D eigenvalue weighted by atomic mass is 10.0. The Bertz CT molecular complexity index is 128. The Labute approximate surface area is 75.7 Å². The lowest BCUT2D eigenvalue weighted by Gasteiger charge is -2.24. The summed E-state index contributed by atoms with van der Waals surface area (Å²) in [7, 11) is 0. The fourth-order valence-electron chi connectivity index (χ4n) is 1.47. The van der Waals surface area contributed by atoms with Crippen LogP contribution in [0.3, 0.4) is 0 Å². The van der Waals surface area contributed by atoms with E-state index in [0.717, 1.165) is 32.1 Å². The Hall–Kier alpha value is -0.0800. The molecule has 2 heteroatoms. The van der Waals surface area contributed by atoms with E-state index >= 15 is 0 Å². The standard InChI is InChI=1S/C10H21NO/c1-9(2)4-6-11-10(3)5-7-12-8-10/h9,11H,4-8H2,1-3H3. The highest BCUT2D eigenvalue weighted by atomic mass is 16.5. The van der Waals surface area contributed by atoms with Crippen LogP contribution in [0.15, 0.2) is 0 Å². The van der Waals surface area contributed by atoms with Crippen LogP contribution in [0.4, 0.5) is 0 Å². The van der Waals surface area contributed by atoms with Crippen molar-refractivity contribution in [3.05, 3.63) is 0 Å². The summed E-state index contributed by atoms with van der Waals surface area (Å²) in [5, 5.41) is 3.56. The zero-order valence-electron chi connectivity index (χ0n) is 8.52. The second-order valence-electron chi connectivity index (χ2n) is 4.47. The van der Waals surface area contributed by atoms with E-state index in [1.807, 2.05) is 0 Å². The molecule has 1 aliphatic heterocycles. The molecule has 1 fully saturated rings. The molecule has 72 valence electrons. The summed E-state index contributed by atoms with van der Waals surface area (Å²) in [6.45, 7) is 9.69. The van der Waals surface area contributed by atoms with Gasteiger partial charge in [0.2, 0.25) is 0 Å². The van der Waals surface area contributed by atoms with Gasteiger partial charge in [0.25, 0.3) is 0 Å². The van der Waals surface area contributed by atoms with E-state index in [0.29, 0.717) is 0 Å². The lowest BCUT2D eigenvalue weighted by molar-refractivity contribution is 0.171. The molecule has 0 saturated carbocycles. The Morgan fingerprint density at radius 2 is 2.25 bits per heavy atom. The van der Waals surface area contributed by atoms with Crippen molar-refractivity contribution in [3.63, 3.8) is 0 Å².